The Balaban J connectivity index is 1.97. The summed E-state index contributed by atoms with van der Waals surface area (Å²) >= 11 is 0. The molecule has 0 aliphatic heterocycles. The molecule has 3 atom stereocenters. The lowest BCUT2D eigenvalue weighted by atomic mass is 9.86. The highest BCUT2D eigenvalue weighted by atomic mass is 16.6. The molecule has 1 fully saturated rings. The number of fused-ring (bicyclic) bond motifs is 1. The Morgan fingerprint density at radius 2 is 2.24 bits per heavy atom. The second kappa shape index (κ2) is 5.27. The number of nitro groups is 1. The van der Waals surface area contributed by atoms with Gasteiger partial charge in [0.15, 0.2) is 5.52 Å². The van der Waals surface area contributed by atoms with Gasteiger partial charge in [-0.25, -0.2) is 4.98 Å². The van der Waals surface area contributed by atoms with E-state index in [9.17, 15) is 10.1 Å². The highest BCUT2D eigenvalue weighted by Gasteiger charge is 2.41. The zero-order valence-electron chi connectivity index (χ0n) is 11.4. The van der Waals surface area contributed by atoms with Crippen molar-refractivity contribution in [2.75, 3.05) is 7.11 Å². The molecule has 3 rings (SSSR count). The number of hydrogen-bond donors (Lipinski definition) is 1. The minimum absolute atomic E-state index is 0.0356. The van der Waals surface area contributed by atoms with E-state index < -0.39 is 4.92 Å². The number of nitrogens with two attached hydrogens (primary N) is 1. The van der Waals surface area contributed by atoms with Gasteiger partial charge in [0, 0.05) is 37.2 Å². The van der Waals surface area contributed by atoms with Crippen LogP contribution in [0.25, 0.3) is 10.9 Å². The average molecular weight is 289 g/mol. The SMILES string of the molecule is COC1C(N)CC1Oc1ccc([N+](=O)[O-])c2ncccc12. The van der Waals surface area contributed by atoms with E-state index in [1.165, 1.54) is 12.3 Å². The molecule has 21 heavy (non-hydrogen) atoms. The summed E-state index contributed by atoms with van der Waals surface area (Å²) in [6.07, 6.45) is 1.91. The fourth-order valence-corrected chi connectivity index (χ4v) is 2.60. The summed E-state index contributed by atoms with van der Waals surface area (Å²) in [4.78, 5) is 14.7. The fourth-order valence-electron chi connectivity index (χ4n) is 2.60. The van der Waals surface area contributed by atoms with Crippen LogP contribution in [0, 0.1) is 10.1 Å². The van der Waals surface area contributed by atoms with Crippen LogP contribution in [0.2, 0.25) is 0 Å². The van der Waals surface area contributed by atoms with Gasteiger partial charge in [-0.05, 0) is 18.2 Å². The van der Waals surface area contributed by atoms with Gasteiger partial charge in [-0.3, -0.25) is 10.1 Å². The molecule has 2 aromatic rings. The second-order valence-corrected chi connectivity index (χ2v) is 5.00. The normalized spacial score (nSPS) is 24.6. The predicted molar refractivity (Wildman–Crippen MR) is 76.2 cm³/mol. The summed E-state index contributed by atoms with van der Waals surface area (Å²) in [6, 6.07) is 6.44. The van der Waals surface area contributed by atoms with Crippen LogP contribution in [0.4, 0.5) is 5.69 Å². The van der Waals surface area contributed by atoms with Crippen molar-refractivity contribution in [3.8, 4) is 5.75 Å². The predicted octanol–water partition coefficient (Wildman–Crippen LogP) is 1.64. The Morgan fingerprint density at radius 1 is 1.43 bits per heavy atom. The molecule has 1 aromatic carbocycles. The van der Waals surface area contributed by atoms with Crippen LogP contribution in [-0.2, 0) is 4.74 Å². The number of pyridine rings is 1. The molecule has 7 heteroatoms. The first-order valence-corrected chi connectivity index (χ1v) is 6.59. The van der Waals surface area contributed by atoms with Crippen LogP contribution >= 0.6 is 0 Å². The average Bonchev–Trinajstić information content (AvgIpc) is 2.46. The van der Waals surface area contributed by atoms with Crippen LogP contribution < -0.4 is 10.5 Å². The largest absolute Gasteiger partial charge is 0.487 e. The van der Waals surface area contributed by atoms with Crippen molar-refractivity contribution in [3.63, 3.8) is 0 Å². The molecule has 0 saturated heterocycles. The zero-order valence-corrected chi connectivity index (χ0v) is 11.4. The third-order valence-electron chi connectivity index (χ3n) is 3.75. The fraction of sp³-hybridized carbons (Fsp3) is 0.357. The Morgan fingerprint density at radius 3 is 2.90 bits per heavy atom. The Bertz CT molecular complexity index is 691. The molecule has 1 heterocycles. The number of ether oxygens (including phenoxy) is 2. The Hall–Kier alpha value is -2.25. The van der Waals surface area contributed by atoms with Crippen molar-refractivity contribution in [2.45, 2.75) is 24.7 Å². The smallest absolute Gasteiger partial charge is 0.295 e. The van der Waals surface area contributed by atoms with Crippen molar-refractivity contribution >= 4 is 16.6 Å². The van der Waals surface area contributed by atoms with E-state index in [4.69, 9.17) is 15.2 Å². The lowest BCUT2D eigenvalue weighted by molar-refractivity contribution is -0.383. The molecule has 1 aliphatic rings. The molecule has 1 aliphatic carbocycles. The van der Waals surface area contributed by atoms with Crippen molar-refractivity contribution in [3.05, 3.63) is 40.6 Å². The maximum atomic E-state index is 11.0. The molecular weight excluding hydrogens is 274 g/mol. The van der Waals surface area contributed by atoms with E-state index in [0.29, 0.717) is 23.1 Å². The molecule has 0 spiro atoms. The summed E-state index contributed by atoms with van der Waals surface area (Å²) in [5.41, 5.74) is 6.13. The number of nitrogens with zero attached hydrogens (tertiary/aromatic N) is 2. The second-order valence-electron chi connectivity index (χ2n) is 5.00. The number of nitro benzene ring substituents is 1. The first-order chi connectivity index (χ1) is 10.1. The van der Waals surface area contributed by atoms with Gasteiger partial charge in [0.25, 0.3) is 5.69 Å². The number of aromatic nitrogens is 1. The molecule has 0 bridgehead atoms. The van der Waals surface area contributed by atoms with Crippen LogP contribution in [-0.4, -0.2) is 35.3 Å². The topological polar surface area (TPSA) is 101 Å². The van der Waals surface area contributed by atoms with Crippen LogP contribution in [0.3, 0.4) is 0 Å². The lowest BCUT2D eigenvalue weighted by Crippen LogP contribution is -2.59. The number of methoxy groups -OCH3 is 1. The van der Waals surface area contributed by atoms with Crippen LogP contribution in [0.5, 0.6) is 5.75 Å². The van der Waals surface area contributed by atoms with Crippen molar-refractivity contribution in [1.29, 1.82) is 0 Å². The van der Waals surface area contributed by atoms with Gasteiger partial charge < -0.3 is 15.2 Å². The van der Waals surface area contributed by atoms with E-state index in [1.807, 2.05) is 0 Å². The summed E-state index contributed by atoms with van der Waals surface area (Å²) in [5.74, 6) is 0.558. The first kappa shape index (κ1) is 13.7. The van der Waals surface area contributed by atoms with Gasteiger partial charge in [0.2, 0.25) is 0 Å². The number of rotatable bonds is 4. The monoisotopic (exact) mass is 289 g/mol. The van der Waals surface area contributed by atoms with Crippen molar-refractivity contribution < 1.29 is 14.4 Å². The summed E-state index contributed by atoms with van der Waals surface area (Å²) in [7, 11) is 1.59. The van der Waals surface area contributed by atoms with E-state index in [1.54, 1.807) is 25.3 Å². The van der Waals surface area contributed by atoms with Crippen molar-refractivity contribution in [2.24, 2.45) is 5.73 Å². The molecule has 1 aromatic heterocycles. The van der Waals surface area contributed by atoms with E-state index in [0.717, 1.165) is 0 Å². The minimum atomic E-state index is -0.448. The number of hydrogen-bond acceptors (Lipinski definition) is 6. The van der Waals surface area contributed by atoms with Gasteiger partial charge in [-0.15, -0.1) is 0 Å². The molecule has 0 radical (unpaired) electrons. The molecule has 1 saturated carbocycles. The highest BCUT2D eigenvalue weighted by Crippen LogP contribution is 2.34. The lowest BCUT2D eigenvalue weighted by Gasteiger charge is -2.41. The summed E-state index contributed by atoms with van der Waals surface area (Å²) in [6.45, 7) is 0. The zero-order chi connectivity index (χ0) is 15.0. The number of benzene rings is 1. The molecule has 7 nitrogen and oxygen atoms in total. The maximum Gasteiger partial charge on any atom is 0.295 e. The van der Waals surface area contributed by atoms with E-state index in [2.05, 4.69) is 4.98 Å². The third kappa shape index (κ3) is 2.30. The van der Waals surface area contributed by atoms with Crippen molar-refractivity contribution in [1.82, 2.24) is 4.98 Å². The Labute approximate surface area is 120 Å². The van der Waals surface area contributed by atoms with Gasteiger partial charge in [-0.1, -0.05) is 0 Å². The van der Waals surface area contributed by atoms with Gasteiger partial charge in [-0.2, -0.15) is 0 Å². The maximum absolute atomic E-state index is 11.0. The van der Waals surface area contributed by atoms with Crippen LogP contribution in [0.15, 0.2) is 30.5 Å². The summed E-state index contributed by atoms with van der Waals surface area (Å²) < 4.78 is 11.2. The van der Waals surface area contributed by atoms with E-state index in [-0.39, 0.29) is 23.9 Å². The molecule has 0 amide bonds. The van der Waals surface area contributed by atoms with Gasteiger partial charge in [0.05, 0.1) is 4.92 Å². The van der Waals surface area contributed by atoms with Gasteiger partial charge >= 0.3 is 0 Å². The standard InChI is InChI=1S/C14H15N3O4/c1-20-14-9(15)7-12(14)21-11-5-4-10(17(18)19)13-8(11)3-2-6-16-13/h2-6,9,12,14H,7,15H2,1H3. The Kier molecular flexibility index (Phi) is 3.44. The quantitative estimate of drug-likeness (QED) is 0.678. The van der Waals surface area contributed by atoms with Crippen LogP contribution in [0.1, 0.15) is 6.42 Å². The van der Waals surface area contributed by atoms with Gasteiger partial charge in [0.1, 0.15) is 18.0 Å². The molecule has 3 unspecified atom stereocenters. The molecule has 110 valence electrons. The highest BCUT2D eigenvalue weighted by molar-refractivity contribution is 5.92. The molecule has 2 N–H and O–H groups in total. The third-order valence-corrected chi connectivity index (χ3v) is 3.75. The minimum Gasteiger partial charge on any atom is -0.487 e. The molecular formula is C14H15N3O4. The van der Waals surface area contributed by atoms with E-state index >= 15 is 0 Å². The summed E-state index contributed by atoms with van der Waals surface area (Å²) in [5, 5.41) is 11.7. The number of non-ortho nitro benzene ring substituents is 1. The first-order valence-electron chi connectivity index (χ1n) is 6.59.